The van der Waals surface area contributed by atoms with Crippen molar-refractivity contribution in [2.45, 2.75) is 13.1 Å². The molecular formula is C19H13Cl2F3N2O2. The van der Waals surface area contributed by atoms with Crippen molar-refractivity contribution < 1.29 is 22.8 Å². The summed E-state index contributed by atoms with van der Waals surface area (Å²) in [5.41, 5.74) is -0.915. The summed E-state index contributed by atoms with van der Waals surface area (Å²) in [5, 5.41) is -0.563. The van der Waals surface area contributed by atoms with Gasteiger partial charge in [0.1, 0.15) is 10.7 Å². The van der Waals surface area contributed by atoms with Crippen LogP contribution in [0.5, 0.6) is 0 Å². The SMILES string of the molecule is CCN(C1=C(Cl)C(=O)N(c2cc(C(F)(F)F)ccc2Cl)C1=O)c1ccccc1. The summed E-state index contributed by atoms with van der Waals surface area (Å²) in [6, 6.07) is 11.1. The molecule has 2 aromatic carbocycles. The average molecular weight is 429 g/mol. The molecule has 0 fully saturated rings. The van der Waals surface area contributed by atoms with Crippen LogP contribution in [0, 0.1) is 0 Å². The summed E-state index contributed by atoms with van der Waals surface area (Å²) in [7, 11) is 0. The van der Waals surface area contributed by atoms with Gasteiger partial charge in [0.2, 0.25) is 0 Å². The molecule has 2 amide bonds. The molecule has 0 atom stereocenters. The minimum atomic E-state index is -4.66. The Morgan fingerprint density at radius 2 is 1.64 bits per heavy atom. The number of anilines is 2. The number of carbonyl (C=O) groups is 2. The predicted octanol–water partition coefficient (Wildman–Crippen LogP) is 5.21. The van der Waals surface area contributed by atoms with Gasteiger partial charge in [0, 0.05) is 12.2 Å². The smallest absolute Gasteiger partial charge is 0.336 e. The third-order valence-electron chi connectivity index (χ3n) is 4.17. The number of carbonyl (C=O) groups excluding carboxylic acids is 2. The number of alkyl halides is 3. The molecule has 0 aliphatic carbocycles. The van der Waals surface area contributed by atoms with Gasteiger partial charge in [-0.15, -0.1) is 0 Å². The number of likely N-dealkylation sites (N-methyl/N-ethyl adjacent to an activating group) is 1. The average Bonchev–Trinajstić information content (AvgIpc) is 2.87. The maximum atomic E-state index is 13.1. The lowest BCUT2D eigenvalue weighted by atomic mass is 10.1. The van der Waals surface area contributed by atoms with E-state index >= 15 is 0 Å². The molecule has 146 valence electrons. The molecule has 0 bridgehead atoms. The first-order valence-corrected chi connectivity index (χ1v) is 8.90. The van der Waals surface area contributed by atoms with Crippen molar-refractivity contribution in [3.63, 3.8) is 0 Å². The van der Waals surface area contributed by atoms with Gasteiger partial charge in [0.05, 0.1) is 16.3 Å². The highest BCUT2D eigenvalue weighted by Crippen LogP contribution is 2.39. The fraction of sp³-hybridized carbons (Fsp3) is 0.158. The van der Waals surface area contributed by atoms with Crippen molar-refractivity contribution in [3.8, 4) is 0 Å². The van der Waals surface area contributed by atoms with Crippen molar-refractivity contribution in [2.75, 3.05) is 16.3 Å². The van der Waals surface area contributed by atoms with E-state index in [-0.39, 0.29) is 21.4 Å². The predicted molar refractivity (Wildman–Crippen MR) is 101 cm³/mol. The Hall–Kier alpha value is -2.51. The van der Waals surface area contributed by atoms with Crippen LogP contribution in [0.25, 0.3) is 0 Å². The third-order valence-corrected chi connectivity index (χ3v) is 4.83. The van der Waals surface area contributed by atoms with Crippen LogP contribution in [0.3, 0.4) is 0 Å². The monoisotopic (exact) mass is 428 g/mol. The van der Waals surface area contributed by atoms with E-state index in [9.17, 15) is 22.8 Å². The lowest BCUT2D eigenvalue weighted by Gasteiger charge is -2.24. The van der Waals surface area contributed by atoms with Gasteiger partial charge in [-0.2, -0.15) is 13.2 Å². The van der Waals surface area contributed by atoms with Crippen molar-refractivity contribution in [2.24, 2.45) is 0 Å². The van der Waals surface area contributed by atoms with E-state index in [1.54, 1.807) is 37.3 Å². The first kappa shape index (κ1) is 20.2. The Balaban J connectivity index is 2.07. The molecule has 0 aromatic heterocycles. The topological polar surface area (TPSA) is 40.6 Å². The number of halogens is 5. The highest BCUT2D eigenvalue weighted by molar-refractivity contribution is 6.53. The Morgan fingerprint density at radius 1 is 1.00 bits per heavy atom. The van der Waals surface area contributed by atoms with E-state index in [2.05, 4.69) is 0 Å². The van der Waals surface area contributed by atoms with Gasteiger partial charge in [-0.05, 0) is 37.3 Å². The maximum Gasteiger partial charge on any atom is 0.416 e. The van der Waals surface area contributed by atoms with Crippen LogP contribution in [0.15, 0.2) is 59.3 Å². The second kappa shape index (κ2) is 7.48. The molecule has 0 unspecified atom stereocenters. The maximum absolute atomic E-state index is 13.1. The molecule has 9 heteroatoms. The van der Waals surface area contributed by atoms with Crippen molar-refractivity contribution in [1.29, 1.82) is 0 Å². The third kappa shape index (κ3) is 3.47. The van der Waals surface area contributed by atoms with Crippen LogP contribution < -0.4 is 9.80 Å². The van der Waals surface area contributed by atoms with Gasteiger partial charge >= 0.3 is 6.18 Å². The second-order valence-corrected chi connectivity index (χ2v) is 6.64. The Kier molecular flexibility index (Phi) is 5.41. The minimum Gasteiger partial charge on any atom is -0.336 e. The molecule has 1 heterocycles. The summed E-state index contributed by atoms with van der Waals surface area (Å²) in [6.07, 6.45) is -4.66. The van der Waals surface area contributed by atoms with Crippen LogP contribution in [0.2, 0.25) is 5.02 Å². The van der Waals surface area contributed by atoms with E-state index < -0.39 is 23.6 Å². The molecule has 1 aliphatic heterocycles. The lowest BCUT2D eigenvalue weighted by Crippen LogP contribution is -2.35. The zero-order valence-electron chi connectivity index (χ0n) is 14.4. The van der Waals surface area contributed by atoms with E-state index in [1.165, 1.54) is 4.90 Å². The normalized spacial score (nSPS) is 14.9. The number of para-hydroxylation sites is 1. The van der Waals surface area contributed by atoms with Gasteiger partial charge in [-0.1, -0.05) is 41.4 Å². The zero-order chi connectivity index (χ0) is 20.6. The summed E-state index contributed by atoms with van der Waals surface area (Å²) in [5.74, 6) is -1.78. The van der Waals surface area contributed by atoms with Crippen LogP contribution in [0.1, 0.15) is 12.5 Å². The first-order chi connectivity index (χ1) is 13.2. The lowest BCUT2D eigenvalue weighted by molar-refractivity contribution is -0.137. The molecule has 0 saturated heterocycles. The molecule has 1 aliphatic rings. The number of imide groups is 1. The van der Waals surface area contributed by atoms with Gasteiger partial charge in [0.25, 0.3) is 11.8 Å². The quantitative estimate of drug-likeness (QED) is 0.627. The number of rotatable bonds is 4. The molecule has 0 spiro atoms. The number of amides is 2. The standard InChI is InChI=1S/C19H13Cl2F3N2O2/c1-2-25(12-6-4-3-5-7-12)16-15(21)17(27)26(18(16)28)14-10-11(19(22,23)24)8-9-13(14)20/h3-10H,2H2,1H3. The summed E-state index contributed by atoms with van der Waals surface area (Å²) < 4.78 is 39.2. The van der Waals surface area contributed by atoms with Crippen LogP contribution in [-0.2, 0) is 15.8 Å². The molecule has 0 saturated carbocycles. The summed E-state index contributed by atoms with van der Waals surface area (Å²) in [4.78, 5) is 27.7. The molecule has 0 N–H and O–H groups in total. The van der Waals surface area contributed by atoms with Gasteiger partial charge in [-0.3, -0.25) is 9.59 Å². The van der Waals surface area contributed by atoms with Gasteiger partial charge in [0.15, 0.2) is 0 Å². The largest absolute Gasteiger partial charge is 0.416 e. The Morgan fingerprint density at radius 3 is 2.21 bits per heavy atom. The minimum absolute atomic E-state index is 0.117. The van der Waals surface area contributed by atoms with E-state index in [4.69, 9.17) is 23.2 Å². The van der Waals surface area contributed by atoms with Crippen molar-refractivity contribution >= 4 is 46.4 Å². The van der Waals surface area contributed by atoms with E-state index in [0.717, 1.165) is 12.1 Å². The fourth-order valence-corrected chi connectivity index (χ4v) is 3.35. The number of nitrogens with zero attached hydrogens (tertiary/aromatic N) is 2. The zero-order valence-corrected chi connectivity index (χ0v) is 15.9. The number of hydrogen-bond acceptors (Lipinski definition) is 3. The van der Waals surface area contributed by atoms with E-state index in [0.29, 0.717) is 23.2 Å². The van der Waals surface area contributed by atoms with Crippen molar-refractivity contribution in [1.82, 2.24) is 0 Å². The second-order valence-electron chi connectivity index (χ2n) is 5.85. The van der Waals surface area contributed by atoms with Crippen molar-refractivity contribution in [3.05, 3.63) is 69.8 Å². The fourth-order valence-electron chi connectivity index (χ4n) is 2.88. The molecule has 28 heavy (non-hydrogen) atoms. The van der Waals surface area contributed by atoms with Crippen LogP contribution >= 0.6 is 23.2 Å². The summed E-state index contributed by atoms with van der Waals surface area (Å²) in [6.45, 7) is 2.06. The van der Waals surface area contributed by atoms with E-state index in [1.807, 2.05) is 0 Å². The number of benzene rings is 2. The van der Waals surface area contributed by atoms with Gasteiger partial charge < -0.3 is 4.90 Å². The first-order valence-electron chi connectivity index (χ1n) is 8.14. The highest BCUT2D eigenvalue weighted by atomic mass is 35.5. The molecule has 0 radical (unpaired) electrons. The molecule has 2 aromatic rings. The molecular weight excluding hydrogens is 416 g/mol. The summed E-state index contributed by atoms with van der Waals surface area (Å²) >= 11 is 12.1. The van der Waals surface area contributed by atoms with Crippen LogP contribution in [-0.4, -0.2) is 18.4 Å². The number of hydrogen-bond donors (Lipinski definition) is 0. The van der Waals surface area contributed by atoms with Gasteiger partial charge in [-0.25, -0.2) is 4.90 Å². The van der Waals surface area contributed by atoms with Crippen LogP contribution in [0.4, 0.5) is 24.5 Å². The molecule has 3 rings (SSSR count). The Bertz CT molecular complexity index is 975. The molecule has 4 nitrogen and oxygen atoms in total. The Labute approximate surface area is 168 Å². The highest BCUT2D eigenvalue weighted by Gasteiger charge is 2.43.